The van der Waals surface area contributed by atoms with E-state index in [1.54, 1.807) is 10.9 Å². The van der Waals surface area contributed by atoms with Crippen molar-refractivity contribution in [1.82, 2.24) is 24.7 Å². The fourth-order valence-corrected chi connectivity index (χ4v) is 2.54. The van der Waals surface area contributed by atoms with Crippen LogP contribution in [0.15, 0.2) is 24.5 Å². The van der Waals surface area contributed by atoms with Gasteiger partial charge in [-0.1, -0.05) is 6.92 Å². The predicted molar refractivity (Wildman–Crippen MR) is 86.7 cm³/mol. The van der Waals surface area contributed by atoms with E-state index in [2.05, 4.69) is 45.3 Å². The van der Waals surface area contributed by atoms with Gasteiger partial charge in [0.2, 0.25) is 0 Å². The molecular formula is C16H20N6. The third-order valence-electron chi connectivity index (χ3n) is 3.72. The van der Waals surface area contributed by atoms with Crippen LogP contribution in [-0.2, 0) is 7.05 Å². The Morgan fingerprint density at radius 1 is 1.27 bits per heavy atom. The van der Waals surface area contributed by atoms with Crippen LogP contribution in [0.3, 0.4) is 0 Å². The lowest BCUT2D eigenvalue weighted by Gasteiger charge is -2.18. The fraction of sp³-hybridized carbons (Fsp3) is 0.375. The van der Waals surface area contributed by atoms with Crippen LogP contribution in [0, 0.1) is 13.8 Å². The molecule has 3 aromatic rings. The number of aromatic nitrogens is 5. The third-order valence-corrected chi connectivity index (χ3v) is 3.72. The van der Waals surface area contributed by atoms with Crippen LogP contribution in [-0.4, -0.2) is 24.7 Å². The SMILES string of the molecule is CC[C@H](Nc1nc(C)nc2c1cnn2C)c1cc(C)ccn1. The van der Waals surface area contributed by atoms with E-state index in [0.29, 0.717) is 0 Å². The van der Waals surface area contributed by atoms with Crippen LogP contribution in [0.25, 0.3) is 11.0 Å². The molecule has 0 unspecified atom stereocenters. The topological polar surface area (TPSA) is 68.5 Å². The fourth-order valence-electron chi connectivity index (χ4n) is 2.54. The van der Waals surface area contributed by atoms with Gasteiger partial charge in [0.15, 0.2) is 5.65 Å². The highest BCUT2D eigenvalue weighted by Gasteiger charge is 2.16. The molecule has 0 spiro atoms. The molecule has 0 saturated carbocycles. The van der Waals surface area contributed by atoms with Gasteiger partial charge in [0.25, 0.3) is 0 Å². The van der Waals surface area contributed by atoms with Crippen molar-refractivity contribution in [2.24, 2.45) is 7.05 Å². The standard InChI is InChI=1S/C16H20N6/c1-5-13(14-8-10(2)6-7-17-14)21-15-12-9-18-22(4)16(12)20-11(3)19-15/h6-9,13H,5H2,1-4H3,(H,19,20,21)/t13-/m0/s1. The summed E-state index contributed by atoms with van der Waals surface area (Å²) in [6.45, 7) is 6.10. The van der Waals surface area contributed by atoms with Gasteiger partial charge in [0, 0.05) is 13.2 Å². The molecule has 0 amide bonds. The normalized spacial score (nSPS) is 12.5. The number of fused-ring (bicyclic) bond motifs is 1. The summed E-state index contributed by atoms with van der Waals surface area (Å²) < 4.78 is 1.76. The van der Waals surface area contributed by atoms with Crippen LogP contribution in [0.5, 0.6) is 0 Å². The first-order valence-corrected chi connectivity index (χ1v) is 7.44. The highest BCUT2D eigenvalue weighted by Crippen LogP contribution is 2.25. The van der Waals surface area contributed by atoms with E-state index in [0.717, 1.165) is 34.8 Å². The molecule has 0 aliphatic carbocycles. The first-order valence-electron chi connectivity index (χ1n) is 7.44. The van der Waals surface area contributed by atoms with Gasteiger partial charge in [-0.3, -0.25) is 9.67 Å². The summed E-state index contributed by atoms with van der Waals surface area (Å²) in [4.78, 5) is 13.5. The maximum absolute atomic E-state index is 4.55. The van der Waals surface area contributed by atoms with Gasteiger partial charge in [-0.05, 0) is 38.0 Å². The van der Waals surface area contributed by atoms with Crippen LogP contribution in [0.1, 0.15) is 36.5 Å². The first kappa shape index (κ1) is 14.4. The molecule has 3 aromatic heterocycles. The van der Waals surface area contributed by atoms with E-state index in [9.17, 15) is 0 Å². The summed E-state index contributed by atoms with van der Waals surface area (Å²) >= 11 is 0. The molecule has 3 heterocycles. The Hall–Kier alpha value is -2.50. The monoisotopic (exact) mass is 296 g/mol. The minimum Gasteiger partial charge on any atom is -0.361 e. The second-order valence-electron chi connectivity index (χ2n) is 5.49. The van der Waals surface area contributed by atoms with Crippen molar-refractivity contribution >= 4 is 16.9 Å². The molecule has 6 heteroatoms. The maximum Gasteiger partial charge on any atom is 0.163 e. The second-order valence-corrected chi connectivity index (χ2v) is 5.49. The minimum absolute atomic E-state index is 0.109. The molecule has 114 valence electrons. The molecule has 0 saturated heterocycles. The molecule has 6 nitrogen and oxygen atoms in total. The van der Waals surface area contributed by atoms with Crippen molar-refractivity contribution in [3.63, 3.8) is 0 Å². The average Bonchev–Trinajstić information content (AvgIpc) is 2.86. The Labute approximate surface area is 129 Å². The summed E-state index contributed by atoms with van der Waals surface area (Å²) in [5.41, 5.74) is 3.06. The van der Waals surface area contributed by atoms with E-state index in [1.807, 2.05) is 26.2 Å². The first-order chi connectivity index (χ1) is 10.6. The number of pyridine rings is 1. The summed E-state index contributed by atoms with van der Waals surface area (Å²) in [5.74, 6) is 1.54. The van der Waals surface area contributed by atoms with E-state index in [-0.39, 0.29) is 6.04 Å². The number of hydrogen-bond donors (Lipinski definition) is 1. The van der Waals surface area contributed by atoms with Crippen LogP contribution >= 0.6 is 0 Å². The van der Waals surface area contributed by atoms with Crippen molar-refractivity contribution in [3.05, 3.63) is 41.6 Å². The molecule has 0 fully saturated rings. The average molecular weight is 296 g/mol. The van der Waals surface area contributed by atoms with E-state index < -0.39 is 0 Å². The van der Waals surface area contributed by atoms with Gasteiger partial charge in [-0.15, -0.1) is 0 Å². The summed E-state index contributed by atoms with van der Waals surface area (Å²) in [6, 6.07) is 4.22. The molecule has 1 N–H and O–H groups in total. The second kappa shape index (κ2) is 5.71. The number of hydrogen-bond acceptors (Lipinski definition) is 5. The van der Waals surface area contributed by atoms with Crippen molar-refractivity contribution in [3.8, 4) is 0 Å². The Morgan fingerprint density at radius 3 is 2.82 bits per heavy atom. The Balaban J connectivity index is 2.00. The van der Waals surface area contributed by atoms with Crippen molar-refractivity contribution in [1.29, 1.82) is 0 Å². The molecule has 0 radical (unpaired) electrons. The molecule has 0 bridgehead atoms. The van der Waals surface area contributed by atoms with Gasteiger partial charge in [-0.2, -0.15) is 5.10 Å². The molecular weight excluding hydrogens is 276 g/mol. The van der Waals surface area contributed by atoms with Gasteiger partial charge in [-0.25, -0.2) is 9.97 Å². The number of nitrogens with one attached hydrogen (secondary N) is 1. The largest absolute Gasteiger partial charge is 0.361 e. The number of rotatable bonds is 4. The predicted octanol–water partition coefficient (Wildman–Crippen LogP) is 2.94. The lowest BCUT2D eigenvalue weighted by atomic mass is 10.1. The lowest BCUT2D eigenvalue weighted by molar-refractivity contribution is 0.718. The molecule has 0 aromatic carbocycles. The Morgan fingerprint density at radius 2 is 2.09 bits per heavy atom. The molecule has 3 rings (SSSR count). The van der Waals surface area contributed by atoms with Crippen molar-refractivity contribution < 1.29 is 0 Å². The number of nitrogens with zero attached hydrogens (tertiary/aromatic N) is 5. The van der Waals surface area contributed by atoms with Gasteiger partial charge < -0.3 is 5.32 Å². The molecule has 1 atom stereocenters. The highest BCUT2D eigenvalue weighted by atomic mass is 15.3. The number of anilines is 1. The van der Waals surface area contributed by atoms with Gasteiger partial charge in [0.1, 0.15) is 11.6 Å². The molecule has 0 aliphatic heterocycles. The summed E-state index contributed by atoms with van der Waals surface area (Å²) in [5, 5.41) is 8.71. The van der Waals surface area contributed by atoms with Crippen molar-refractivity contribution in [2.45, 2.75) is 33.2 Å². The maximum atomic E-state index is 4.55. The molecule has 0 aliphatic rings. The minimum atomic E-state index is 0.109. The Bertz CT molecular complexity index is 808. The number of aryl methyl sites for hydroxylation is 3. The van der Waals surface area contributed by atoms with Crippen LogP contribution < -0.4 is 5.32 Å². The lowest BCUT2D eigenvalue weighted by Crippen LogP contribution is -2.13. The zero-order valence-electron chi connectivity index (χ0n) is 13.3. The Kier molecular flexibility index (Phi) is 3.75. The van der Waals surface area contributed by atoms with Crippen molar-refractivity contribution in [2.75, 3.05) is 5.32 Å². The quantitative estimate of drug-likeness (QED) is 0.801. The molecule has 22 heavy (non-hydrogen) atoms. The highest BCUT2D eigenvalue weighted by molar-refractivity contribution is 5.86. The van der Waals surface area contributed by atoms with Gasteiger partial charge >= 0.3 is 0 Å². The zero-order chi connectivity index (χ0) is 15.7. The smallest absolute Gasteiger partial charge is 0.163 e. The van der Waals surface area contributed by atoms with Crippen LogP contribution in [0.2, 0.25) is 0 Å². The zero-order valence-corrected chi connectivity index (χ0v) is 13.3. The third kappa shape index (κ3) is 2.64. The summed E-state index contributed by atoms with van der Waals surface area (Å²) in [7, 11) is 1.89. The van der Waals surface area contributed by atoms with Crippen LogP contribution in [0.4, 0.5) is 5.82 Å². The van der Waals surface area contributed by atoms with E-state index in [1.165, 1.54) is 5.56 Å². The van der Waals surface area contributed by atoms with Gasteiger partial charge in [0.05, 0.1) is 23.3 Å². The van der Waals surface area contributed by atoms with E-state index in [4.69, 9.17) is 0 Å². The van der Waals surface area contributed by atoms with E-state index >= 15 is 0 Å². The summed E-state index contributed by atoms with van der Waals surface area (Å²) in [6.07, 6.45) is 4.56.